The zero-order valence-electron chi connectivity index (χ0n) is 11.9. The van der Waals surface area contributed by atoms with E-state index >= 15 is 0 Å². The van der Waals surface area contributed by atoms with Crippen LogP contribution < -0.4 is 5.32 Å². The maximum absolute atomic E-state index is 4.17. The molecule has 3 aromatic rings. The molecule has 2 heterocycles. The number of thiophene rings is 1. The Hall–Kier alpha value is -1.59. The molecule has 0 aliphatic heterocycles. The quantitative estimate of drug-likeness (QED) is 0.676. The molecule has 0 atom stereocenters. The van der Waals surface area contributed by atoms with Crippen molar-refractivity contribution in [1.29, 1.82) is 0 Å². The van der Waals surface area contributed by atoms with Crippen molar-refractivity contribution >= 4 is 33.0 Å². The van der Waals surface area contributed by atoms with Crippen LogP contribution in [0.4, 0.5) is 5.69 Å². The largest absolute Gasteiger partial charge is 0.381 e. The molecule has 21 heavy (non-hydrogen) atoms. The minimum Gasteiger partial charge on any atom is -0.381 e. The van der Waals surface area contributed by atoms with Crippen LogP contribution in [-0.2, 0) is 6.54 Å². The topological polar surface area (TPSA) is 40.7 Å². The Morgan fingerprint density at radius 2 is 2.05 bits per heavy atom. The summed E-state index contributed by atoms with van der Waals surface area (Å²) in [6.45, 7) is 4.97. The van der Waals surface area contributed by atoms with E-state index in [1.54, 1.807) is 11.3 Å². The molecule has 0 fully saturated rings. The number of aromatic amines is 1. The van der Waals surface area contributed by atoms with Crippen LogP contribution in [0.2, 0.25) is 0 Å². The van der Waals surface area contributed by atoms with Gasteiger partial charge in [-0.1, -0.05) is 22.0 Å². The van der Waals surface area contributed by atoms with Crippen molar-refractivity contribution < 1.29 is 0 Å². The number of halogens is 1. The number of nitrogens with zero attached hydrogens (tertiary/aromatic N) is 1. The first-order chi connectivity index (χ1) is 10.1. The lowest BCUT2D eigenvalue weighted by molar-refractivity contribution is 1.10. The van der Waals surface area contributed by atoms with Crippen molar-refractivity contribution in [3.05, 3.63) is 57.0 Å². The van der Waals surface area contributed by atoms with Gasteiger partial charge in [0.25, 0.3) is 0 Å². The average Bonchev–Trinajstić information content (AvgIpc) is 3.12. The molecule has 0 unspecified atom stereocenters. The van der Waals surface area contributed by atoms with Crippen LogP contribution in [0.1, 0.15) is 16.7 Å². The Kier molecular flexibility index (Phi) is 4.12. The summed E-state index contributed by atoms with van der Waals surface area (Å²) in [7, 11) is 0. The third-order valence-corrected chi connectivity index (χ3v) is 5.54. The summed E-state index contributed by atoms with van der Waals surface area (Å²) >= 11 is 5.32. The molecule has 0 bridgehead atoms. The van der Waals surface area contributed by atoms with E-state index in [1.807, 2.05) is 6.20 Å². The molecule has 0 aliphatic rings. The molecule has 0 radical (unpaired) electrons. The van der Waals surface area contributed by atoms with Gasteiger partial charge in [-0.3, -0.25) is 5.10 Å². The first-order valence-electron chi connectivity index (χ1n) is 6.72. The molecule has 0 amide bonds. The second-order valence-corrected chi connectivity index (χ2v) is 6.77. The van der Waals surface area contributed by atoms with Crippen molar-refractivity contribution in [3.8, 4) is 10.6 Å². The highest BCUT2D eigenvalue weighted by atomic mass is 79.9. The predicted molar refractivity (Wildman–Crippen MR) is 92.8 cm³/mol. The van der Waals surface area contributed by atoms with Gasteiger partial charge in [0.2, 0.25) is 0 Å². The minimum absolute atomic E-state index is 0.754. The number of anilines is 1. The summed E-state index contributed by atoms with van der Waals surface area (Å²) in [5.74, 6) is 0. The summed E-state index contributed by atoms with van der Waals surface area (Å²) in [5, 5.41) is 12.8. The molecule has 0 saturated carbocycles. The zero-order valence-corrected chi connectivity index (χ0v) is 14.3. The maximum atomic E-state index is 4.17. The third-order valence-electron chi connectivity index (χ3n) is 3.40. The van der Waals surface area contributed by atoms with Gasteiger partial charge in [0.1, 0.15) is 0 Å². The van der Waals surface area contributed by atoms with Crippen molar-refractivity contribution in [2.75, 3.05) is 5.32 Å². The number of benzene rings is 1. The molecular weight excluding hydrogens is 346 g/mol. The van der Waals surface area contributed by atoms with Gasteiger partial charge < -0.3 is 5.32 Å². The standard InChI is InChI=1S/C16H16BrN3S/c1-10-6-13(7-11(2)15(10)17)18-8-12-9-19-20-16(12)14-4-3-5-21-14/h3-7,9,18H,8H2,1-2H3,(H,19,20). The molecule has 0 saturated heterocycles. The lowest BCUT2D eigenvalue weighted by Crippen LogP contribution is -2.00. The van der Waals surface area contributed by atoms with Gasteiger partial charge in [-0.15, -0.1) is 11.3 Å². The number of hydrogen-bond acceptors (Lipinski definition) is 3. The fourth-order valence-electron chi connectivity index (χ4n) is 2.32. The molecule has 0 aliphatic carbocycles. The first-order valence-corrected chi connectivity index (χ1v) is 8.39. The van der Waals surface area contributed by atoms with Gasteiger partial charge in [0.15, 0.2) is 0 Å². The summed E-state index contributed by atoms with van der Waals surface area (Å²) < 4.78 is 1.18. The van der Waals surface area contributed by atoms with Crippen molar-refractivity contribution in [2.24, 2.45) is 0 Å². The fraction of sp³-hybridized carbons (Fsp3) is 0.188. The Bertz CT molecular complexity index is 724. The van der Waals surface area contributed by atoms with Crippen molar-refractivity contribution in [3.63, 3.8) is 0 Å². The highest BCUT2D eigenvalue weighted by molar-refractivity contribution is 9.10. The first kappa shape index (κ1) is 14.4. The van der Waals surface area contributed by atoms with Crippen molar-refractivity contribution in [1.82, 2.24) is 10.2 Å². The number of H-pyrrole nitrogens is 1. The SMILES string of the molecule is Cc1cc(NCc2cn[nH]c2-c2cccs2)cc(C)c1Br. The van der Waals surface area contributed by atoms with Gasteiger partial charge in [-0.25, -0.2) is 0 Å². The van der Waals surface area contributed by atoms with Crippen LogP contribution >= 0.6 is 27.3 Å². The fourth-order valence-corrected chi connectivity index (χ4v) is 3.31. The normalized spacial score (nSPS) is 10.8. The van der Waals surface area contributed by atoms with Crippen LogP contribution in [-0.4, -0.2) is 10.2 Å². The molecule has 1 aromatic carbocycles. The number of nitrogens with one attached hydrogen (secondary N) is 2. The molecule has 2 N–H and O–H groups in total. The Morgan fingerprint density at radius 3 is 2.71 bits per heavy atom. The third kappa shape index (κ3) is 3.04. The van der Waals surface area contributed by atoms with Crippen LogP contribution in [0, 0.1) is 13.8 Å². The second kappa shape index (κ2) is 6.03. The average molecular weight is 362 g/mol. The molecule has 5 heteroatoms. The lowest BCUT2D eigenvalue weighted by atomic mass is 10.1. The van der Waals surface area contributed by atoms with Gasteiger partial charge in [-0.2, -0.15) is 5.10 Å². The predicted octanol–water partition coefficient (Wildman–Crippen LogP) is 5.13. The van der Waals surface area contributed by atoms with Crippen LogP contribution in [0.3, 0.4) is 0 Å². The lowest BCUT2D eigenvalue weighted by Gasteiger charge is -2.10. The molecular formula is C16H16BrN3S. The summed E-state index contributed by atoms with van der Waals surface area (Å²) in [6, 6.07) is 8.47. The van der Waals surface area contributed by atoms with E-state index in [4.69, 9.17) is 0 Å². The van der Waals surface area contributed by atoms with E-state index in [1.165, 1.54) is 26.0 Å². The molecule has 108 valence electrons. The van der Waals surface area contributed by atoms with E-state index in [-0.39, 0.29) is 0 Å². The van der Waals surface area contributed by atoms with E-state index in [9.17, 15) is 0 Å². The smallest absolute Gasteiger partial charge is 0.0799 e. The summed E-state index contributed by atoms with van der Waals surface area (Å²) in [4.78, 5) is 1.22. The molecule has 0 spiro atoms. The van der Waals surface area contributed by atoms with E-state index in [2.05, 4.69) is 74.9 Å². The minimum atomic E-state index is 0.754. The van der Waals surface area contributed by atoms with E-state index in [0.29, 0.717) is 0 Å². The Morgan fingerprint density at radius 1 is 1.29 bits per heavy atom. The molecule has 3 rings (SSSR count). The number of aryl methyl sites for hydroxylation is 2. The molecule has 3 nitrogen and oxygen atoms in total. The highest BCUT2D eigenvalue weighted by Crippen LogP contribution is 2.28. The van der Waals surface area contributed by atoms with E-state index in [0.717, 1.165) is 17.9 Å². The number of rotatable bonds is 4. The number of hydrogen-bond donors (Lipinski definition) is 2. The van der Waals surface area contributed by atoms with Gasteiger partial charge in [0, 0.05) is 22.3 Å². The summed E-state index contributed by atoms with van der Waals surface area (Å²) in [5.41, 5.74) is 5.89. The number of aromatic nitrogens is 2. The Labute approximate surface area is 136 Å². The van der Waals surface area contributed by atoms with Crippen LogP contribution in [0.15, 0.2) is 40.3 Å². The molecule has 2 aromatic heterocycles. The van der Waals surface area contributed by atoms with Gasteiger partial charge in [0.05, 0.1) is 16.8 Å². The zero-order chi connectivity index (χ0) is 14.8. The second-order valence-electron chi connectivity index (χ2n) is 5.03. The van der Waals surface area contributed by atoms with Crippen LogP contribution in [0.5, 0.6) is 0 Å². The van der Waals surface area contributed by atoms with Crippen LogP contribution in [0.25, 0.3) is 10.6 Å². The van der Waals surface area contributed by atoms with E-state index < -0.39 is 0 Å². The highest BCUT2D eigenvalue weighted by Gasteiger charge is 2.09. The maximum Gasteiger partial charge on any atom is 0.0799 e. The van der Waals surface area contributed by atoms with Crippen molar-refractivity contribution in [2.45, 2.75) is 20.4 Å². The summed E-state index contributed by atoms with van der Waals surface area (Å²) in [6.07, 6.45) is 1.89. The van der Waals surface area contributed by atoms with Gasteiger partial charge in [-0.05, 0) is 48.6 Å². The van der Waals surface area contributed by atoms with Gasteiger partial charge >= 0.3 is 0 Å². The monoisotopic (exact) mass is 361 g/mol. The Balaban J connectivity index is 1.79.